The number of ether oxygens (including phenoxy) is 8. The Morgan fingerprint density at radius 1 is 0.833 bits per heavy atom. The minimum absolute atomic E-state index is 0. The number of aliphatic hydroxyl groups excluding tert-OH is 3. The minimum Gasteiger partial charge on any atom is -0.550 e. The number of aromatic amines is 1. The number of alkyl carbamates (subject to hydrolysis) is 1. The van der Waals surface area contributed by atoms with Crippen molar-refractivity contribution in [2.24, 2.45) is 23.7 Å². The second-order valence-corrected chi connectivity index (χ2v) is 16.1. The average molecular weight is 985 g/mol. The van der Waals surface area contributed by atoms with Crippen molar-refractivity contribution in [1.82, 2.24) is 10.3 Å². The first kappa shape index (κ1) is 50.5. The van der Waals surface area contributed by atoms with Gasteiger partial charge in [-0.05, 0) is 81.4 Å². The largest absolute Gasteiger partial charge is 1.00 e. The zero-order chi connectivity index (χ0) is 42.1. The van der Waals surface area contributed by atoms with E-state index in [1.165, 1.54) is 6.20 Å². The monoisotopic (exact) mass is 982 g/mol. The summed E-state index contributed by atoms with van der Waals surface area (Å²) in [5, 5.41) is 45.3. The van der Waals surface area contributed by atoms with E-state index in [-0.39, 0.29) is 93.9 Å². The standard InChI is InChI=1S/C40H54Br2N2O15.Na/c41-28-21-29-33(31(22-44-29)59-30-20-26(39(49)50)35(46)37(48)36(30)47)34(42)38(28)56-18-16-54-14-15-55-17-19-57-40(51)43-9-11-53-13-12-52-10-5-8-32(45)58-23-27-24-6-3-1-2-4-7-25(24)27;/h21-22,24-27,30,35-37,44,46-48H,3-20,23H2,(H,43,51)(H,49,50);/q;+1/p-1/t24-,25+,26-,27?,30+,35+,36-,37-;/m0./s1. The Morgan fingerprint density at radius 3 is 2.15 bits per heavy atom. The number of carbonyl (C=O) groups excluding carboxylic acids is 3. The molecule has 1 aromatic carbocycles. The number of esters is 1. The molecule has 2 fully saturated rings. The van der Waals surface area contributed by atoms with Crippen molar-refractivity contribution in [3.8, 4) is 23.3 Å². The van der Waals surface area contributed by atoms with Crippen LogP contribution in [0.1, 0.15) is 44.9 Å². The Kier molecular flexibility index (Phi) is 22.2. The topological polar surface area (TPSA) is 237 Å². The van der Waals surface area contributed by atoms with Crippen LogP contribution in [0.25, 0.3) is 10.9 Å². The fourth-order valence-corrected chi connectivity index (χ4v) is 8.83. The summed E-state index contributed by atoms with van der Waals surface area (Å²) in [5.74, 6) is 5.76. The first-order valence-corrected chi connectivity index (χ1v) is 21.5. The second kappa shape index (κ2) is 26.4. The Labute approximate surface area is 387 Å². The number of hydrogen-bond donors (Lipinski definition) is 5. The summed E-state index contributed by atoms with van der Waals surface area (Å²) in [7, 11) is 0. The SMILES string of the molecule is O=C(CCCOCCOCCNC(=O)OCCOCCOCCOc1c(Br)cc2[nH]cc(O[C@@H]3C[C@H](C(=O)[O-])[C@@H](O)[C@H](O)[C@H]3O)c2c1Br)OCC1[C@H]2CCC#CCC[C@@H]12.[Na+]. The fourth-order valence-electron chi connectivity index (χ4n) is 7.28. The van der Waals surface area contributed by atoms with Gasteiger partial charge in [-0.15, -0.1) is 11.8 Å². The van der Waals surface area contributed by atoms with Gasteiger partial charge in [0, 0.05) is 50.5 Å². The summed E-state index contributed by atoms with van der Waals surface area (Å²) in [6, 6.07) is 1.76. The third-order valence-corrected chi connectivity index (χ3v) is 11.8. The molecule has 1 unspecified atom stereocenters. The quantitative estimate of drug-likeness (QED) is 0.0356. The van der Waals surface area contributed by atoms with Crippen LogP contribution < -0.4 is 49.5 Å². The van der Waals surface area contributed by atoms with Crippen LogP contribution >= 0.6 is 31.9 Å². The molecule has 0 bridgehead atoms. The van der Waals surface area contributed by atoms with Crippen LogP contribution in [0.15, 0.2) is 21.2 Å². The summed E-state index contributed by atoms with van der Waals surface area (Å²) >= 11 is 7.03. The number of hydrogen-bond acceptors (Lipinski definition) is 15. The van der Waals surface area contributed by atoms with Crippen LogP contribution in [0.5, 0.6) is 11.5 Å². The number of H-pyrrole nitrogens is 1. The predicted molar refractivity (Wildman–Crippen MR) is 214 cm³/mol. The zero-order valence-electron chi connectivity index (χ0n) is 33.7. The van der Waals surface area contributed by atoms with Crippen LogP contribution in [-0.2, 0) is 38.0 Å². The molecule has 0 saturated heterocycles. The zero-order valence-corrected chi connectivity index (χ0v) is 38.9. The van der Waals surface area contributed by atoms with Gasteiger partial charge in [-0.3, -0.25) is 4.79 Å². The molecule has 1 aromatic heterocycles. The van der Waals surface area contributed by atoms with Gasteiger partial charge in [0.25, 0.3) is 0 Å². The molecule has 0 radical (unpaired) electrons. The summed E-state index contributed by atoms with van der Waals surface area (Å²) in [4.78, 5) is 38.5. The molecule has 5 N–H and O–H groups in total. The molecule has 2 aromatic rings. The molecule has 5 rings (SSSR count). The number of rotatable bonds is 25. The molecule has 1 heterocycles. The maximum atomic E-state index is 12.1. The summed E-state index contributed by atoms with van der Waals surface area (Å²) in [6.07, 6.45) is -0.368. The number of carboxylic acids is 1. The van der Waals surface area contributed by atoms with Crippen LogP contribution in [0, 0.1) is 35.5 Å². The number of benzene rings is 1. The third-order valence-electron chi connectivity index (χ3n) is 10.5. The molecule has 17 nitrogen and oxygen atoms in total. The van der Waals surface area contributed by atoms with E-state index in [0.717, 1.165) is 25.7 Å². The molecule has 2 saturated carbocycles. The molecule has 8 atom stereocenters. The van der Waals surface area contributed by atoms with E-state index in [2.05, 4.69) is 54.0 Å². The van der Waals surface area contributed by atoms with Gasteiger partial charge in [0.15, 0.2) is 0 Å². The molecule has 0 aliphatic heterocycles. The van der Waals surface area contributed by atoms with Crippen molar-refractivity contribution < 1.29 is 102 Å². The van der Waals surface area contributed by atoms with Gasteiger partial charge in [0.05, 0.1) is 78.8 Å². The number of aliphatic hydroxyl groups is 3. The van der Waals surface area contributed by atoms with Gasteiger partial charge >= 0.3 is 41.6 Å². The van der Waals surface area contributed by atoms with E-state index < -0.39 is 42.4 Å². The second-order valence-electron chi connectivity index (χ2n) is 14.4. The smallest absolute Gasteiger partial charge is 0.550 e. The normalized spacial score (nSPS) is 24.4. The van der Waals surface area contributed by atoms with Gasteiger partial charge in [-0.2, -0.15) is 0 Å². The maximum Gasteiger partial charge on any atom is 1.00 e. The number of halogens is 2. The molecular formula is C40H53Br2N2NaO15. The van der Waals surface area contributed by atoms with Gasteiger partial charge in [-0.25, -0.2) is 4.79 Å². The Bertz CT molecular complexity index is 1720. The number of carboxylic acid groups (broad SMARTS) is 1. The summed E-state index contributed by atoms with van der Waals surface area (Å²) in [5.41, 5.74) is 0.641. The number of carbonyl (C=O) groups is 3. The fraction of sp³-hybridized carbons (Fsp3) is 0.675. The van der Waals surface area contributed by atoms with Gasteiger partial charge in [0.2, 0.25) is 0 Å². The number of aliphatic carboxylic acids is 1. The average Bonchev–Trinajstić information content (AvgIpc) is 3.67. The van der Waals surface area contributed by atoms with Crippen molar-refractivity contribution in [2.75, 3.05) is 79.2 Å². The van der Waals surface area contributed by atoms with Crippen LogP contribution in [0.3, 0.4) is 0 Å². The van der Waals surface area contributed by atoms with E-state index in [0.29, 0.717) is 89.2 Å². The number of nitrogens with one attached hydrogen (secondary N) is 2. The van der Waals surface area contributed by atoms with E-state index >= 15 is 0 Å². The molecule has 20 heteroatoms. The van der Waals surface area contributed by atoms with Crippen molar-refractivity contribution in [3.63, 3.8) is 0 Å². The molecule has 0 spiro atoms. The number of amides is 1. The van der Waals surface area contributed by atoms with E-state index in [9.17, 15) is 34.8 Å². The van der Waals surface area contributed by atoms with Crippen molar-refractivity contribution in [3.05, 3.63) is 21.2 Å². The van der Waals surface area contributed by atoms with Gasteiger partial charge < -0.3 is 73.4 Å². The number of fused-ring (bicyclic) bond motifs is 2. The van der Waals surface area contributed by atoms with Crippen LogP contribution in [0.2, 0.25) is 0 Å². The van der Waals surface area contributed by atoms with E-state index in [1.807, 2.05) is 0 Å². The first-order valence-electron chi connectivity index (χ1n) is 19.9. The first-order chi connectivity index (χ1) is 28.6. The van der Waals surface area contributed by atoms with Crippen LogP contribution in [-0.4, -0.2) is 142 Å². The van der Waals surface area contributed by atoms with Crippen molar-refractivity contribution in [2.45, 2.75) is 69.4 Å². The third kappa shape index (κ3) is 15.3. The van der Waals surface area contributed by atoms with Gasteiger partial charge in [-0.1, -0.05) is 0 Å². The molecule has 60 heavy (non-hydrogen) atoms. The van der Waals surface area contributed by atoms with Crippen molar-refractivity contribution in [1.29, 1.82) is 0 Å². The molecule has 328 valence electrons. The Morgan fingerprint density at radius 2 is 1.47 bits per heavy atom. The summed E-state index contributed by atoms with van der Waals surface area (Å²) < 4.78 is 45.6. The van der Waals surface area contributed by atoms with Gasteiger partial charge in [0.1, 0.15) is 43.0 Å². The van der Waals surface area contributed by atoms with E-state index in [1.54, 1.807) is 6.07 Å². The van der Waals surface area contributed by atoms with E-state index in [4.69, 9.17) is 37.9 Å². The Balaban J connectivity index is 0.00000794. The maximum absolute atomic E-state index is 12.1. The predicted octanol–water partition coefficient (Wildman–Crippen LogP) is -0.769. The molecule has 1 amide bonds. The summed E-state index contributed by atoms with van der Waals surface area (Å²) in [6.45, 7) is 3.45. The minimum atomic E-state index is -1.73. The van der Waals surface area contributed by atoms with Crippen molar-refractivity contribution >= 4 is 60.8 Å². The molecule has 3 aliphatic carbocycles. The Hall–Kier alpha value is -2.19. The number of aromatic nitrogens is 1. The van der Waals surface area contributed by atoms with Crippen LogP contribution in [0.4, 0.5) is 4.79 Å². The molecule has 3 aliphatic rings. The molecular weight excluding hydrogens is 931 g/mol.